The molecule has 0 amide bonds. The van der Waals surface area contributed by atoms with Crippen molar-refractivity contribution in [2.75, 3.05) is 0 Å². The number of H-pyrrole nitrogens is 1. The van der Waals surface area contributed by atoms with Gasteiger partial charge in [-0.25, -0.2) is 13.6 Å². The average Bonchev–Trinajstić information content (AvgIpc) is 2.78. The van der Waals surface area contributed by atoms with E-state index in [-0.39, 0.29) is 5.52 Å². The molecule has 0 aliphatic rings. The Balaban J connectivity index is 2.01. The van der Waals surface area contributed by atoms with E-state index in [1.165, 1.54) is 10.6 Å². The molecule has 0 aliphatic heterocycles. The first kappa shape index (κ1) is 12.6. The zero-order valence-electron chi connectivity index (χ0n) is 10.6. The maximum atomic E-state index is 13.8. The number of rotatable bonds is 3. The van der Waals surface area contributed by atoms with Crippen LogP contribution in [-0.2, 0) is 13.0 Å². The number of halogens is 2. The lowest BCUT2D eigenvalue weighted by atomic mass is 10.1. The summed E-state index contributed by atoms with van der Waals surface area (Å²) in [7, 11) is 0. The van der Waals surface area contributed by atoms with Crippen molar-refractivity contribution in [3.63, 3.8) is 0 Å². The van der Waals surface area contributed by atoms with Crippen LogP contribution < -0.4 is 5.69 Å². The highest BCUT2D eigenvalue weighted by molar-refractivity contribution is 5.76. The van der Waals surface area contributed by atoms with Crippen LogP contribution >= 0.6 is 0 Å². The molecule has 102 valence electrons. The van der Waals surface area contributed by atoms with Gasteiger partial charge in [0.15, 0.2) is 11.6 Å². The summed E-state index contributed by atoms with van der Waals surface area (Å²) in [5, 5.41) is 0. The summed E-state index contributed by atoms with van der Waals surface area (Å²) >= 11 is 0. The molecule has 3 aromatic rings. The number of benzene rings is 2. The summed E-state index contributed by atoms with van der Waals surface area (Å²) in [4.78, 5) is 14.4. The number of aryl methyl sites for hydroxylation is 2. The molecule has 0 atom stereocenters. The van der Waals surface area contributed by atoms with Gasteiger partial charge >= 0.3 is 5.69 Å². The van der Waals surface area contributed by atoms with E-state index in [2.05, 4.69) is 4.98 Å². The van der Waals surface area contributed by atoms with Crippen molar-refractivity contribution in [2.45, 2.75) is 13.0 Å². The molecule has 0 saturated carbocycles. The van der Waals surface area contributed by atoms with Crippen molar-refractivity contribution in [3.8, 4) is 0 Å². The third-order valence-corrected chi connectivity index (χ3v) is 3.29. The Hall–Kier alpha value is -2.43. The molecule has 1 heterocycles. The zero-order valence-corrected chi connectivity index (χ0v) is 10.6. The summed E-state index contributed by atoms with van der Waals surface area (Å²) in [5.41, 5.74) is 0.902. The van der Waals surface area contributed by atoms with Crippen LogP contribution in [0.5, 0.6) is 0 Å². The van der Waals surface area contributed by atoms with E-state index in [0.717, 1.165) is 11.6 Å². The Bertz CT molecular complexity index is 806. The third-order valence-electron chi connectivity index (χ3n) is 3.29. The Morgan fingerprint density at radius 3 is 2.55 bits per heavy atom. The van der Waals surface area contributed by atoms with Crippen LogP contribution in [0.3, 0.4) is 0 Å². The number of fused-ring (bicyclic) bond motifs is 1. The molecule has 0 unspecified atom stereocenters. The van der Waals surface area contributed by atoms with Crippen LogP contribution in [0.25, 0.3) is 11.0 Å². The molecular weight excluding hydrogens is 262 g/mol. The van der Waals surface area contributed by atoms with Gasteiger partial charge in [0.25, 0.3) is 0 Å². The lowest BCUT2D eigenvalue weighted by Gasteiger charge is -2.04. The van der Waals surface area contributed by atoms with Gasteiger partial charge in [-0.1, -0.05) is 30.3 Å². The summed E-state index contributed by atoms with van der Waals surface area (Å²) in [6.07, 6.45) is 0.573. The fraction of sp³-hybridized carbons (Fsp3) is 0.133. The van der Waals surface area contributed by atoms with Crippen LogP contribution in [0.15, 0.2) is 47.3 Å². The van der Waals surface area contributed by atoms with Crippen molar-refractivity contribution < 1.29 is 8.78 Å². The maximum Gasteiger partial charge on any atom is 0.326 e. The van der Waals surface area contributed by atoms with Gasteiger partial charge in [0.1, 0.15) is 5.52 Å². The Morgan fingerprint density at radius 1 is 1.05 bits per heavy atom. The van der Waals surface area contributed by atoms with Gasteiger partial charge in [0.2, 0.25) is 0 Å². The van der Waals surface area contributed by atoms with Gasteiger partial charge in [-0.3, -0.25) is 4.57 Å². The number of aromatic amines is 1. The van der Waals surface area contributed by atoms with E-state index < -0.39 is 17.3 Å². The molecule has 1 aromatic heterocycles. The molecule has 20 heavy (non-hydrogen) atoms. The first-order valence-electron chi connectivity index (χ1n) is 6.27. The molecule has 0 saturated heterocycles. The predicted octanol–water partition coefficient (Wildman–Crippen LogP) is 2.85. The number of nitrogens with zero attached hydrogens (tertiary/aromatic N) is 1. The van der Waals surface area contributed by atoms with E-state index in [9.17, 15) is 13.6 Å². The summed E-state index contributed by atoms with van der Waals surface area (Å²) in [5.74, 6) is -1.95. The first-order chi connectivity index (χ1) is 9.66. The van der Waals surface area contributed by atoms with Gasteiger partial charge in [-0.05, 0) is 24.1 Å². The topological polar surface area (TPSA) is 37.8 Å². The molecule has 3 rings (SSSR count). The molecular formula is C15H12F2N2O. The Kier molecular flexibility index (Phi) is 3.10. The van der Waals surface area contributed by atoms with Gasteiger partial charge < -0.3 is 4.98 Å². The standard InChI is InChI=1S/C15H12F2N2O/c16-11-6-7-12-14(13(11)17)19(15(20)18-12)9-8-10-4-2-1-3-5-10/h1-7H,8-9H2,(H,18,20). The van der Waals surface area contributed by atoms with Crippen LogP contribution in [-0.4, -0.2) is 9.55 Å². The highest BCUT2D eigenvalue weighted by Crippen LogP contribution is 2.18. The fourth-order valence-corrected chi connectivity index (χ4v) is 2.29. The minimum atomic E-state index is -0.992. The number of hydrogen-bond donors (Lipinski definition) is 1. The third kappa shape index (κ3) is 2.11. The quantitative estimate of drug-likeness (QED) is 0.783. The predicted molar refractivity (Wildman–Crippen MR) is 72.6 cm³/mol. The van der Waals surface area contributed by atoms with Crippen molar-refractivity contribution in [1.82, 2.24) is 9.55 Å². The van der Waals surface area contributed by atoms with Crippen LogP contribution in [0.4, 0.5) is 8.78 Å². The van der Waals surface area contributed by atoms with Crippen molar-refractivity contribution in [3.05, 3.63) is 70.1 Å². The minimum absolute atomic E-state index is 0.00840. The van der Waals surface area contributed by atoms with E-state index in [1.54, 1.807) is 0 Å². The van der Waals surface area contributed by atoms with Gasteiger partial charge in [0.05, 0.1) is 5.52 Å². The normalized spacial score (nSPS) is 11.1. The van der Waals surface area contributed by atoms with E-state index in [4.69, 9.17) is 0 Å². The highest BCUT2D eigenvalue weighted by atomic mass is 19.2. The summed E-state index contributed by atoms with van der Waals surface area (Å²) in [6, 6.07) is 11.9. The number of imidazole rings is 1. The number of hydrogen-bond acceptors (Lipinski definition) is 1. The van der Waals surface area contributed by atoms with E-state index in [0.29, 0.717) is 18.5 Å². The maximum absolute atomic E-state index is 13.8. The molecule has 2 aromatic carbocycles. The Morgan fingerprint density at radius 2 is 1.80 bits per heavy atom. The molecule has 0 aliphatic carbocycles. The molecule has 0 spiro atoms. The number of aromatic nitrogens is 2. The SMILES string of the molecule is O=c1[nH]c2ccc(F)c(F)c2n1CCc1ccccc1. The monoisotopic (exact) mass is 274 g/mol. The van der Waals surface area contributed by atoms with E-state index >= 15 is 0 Å². The minimum Gasteiger partial charge on any atom is -0.305 e. The average molecular weight is 274 g/mol. The zero-order chi connectivity index (χ0) is 14.1. The molecule has 1 N–H and O–H groups in total. The van der Waals surface area contributed by atoms with Crippen molar-refractivity contribution in [1.29, 1.82) is 0 Å². The van der Waals surface area contributed by atoms with E-state index in [1.807, 2.05) is 30.3 Å². The number of nitrogens with one attached hydrogen (secondary N) is 1. The molecule has 0 fully saturated rings. The smallest absolute Gasteiger partial charge is 0.305 e. The van der Waals surface area contributed by atoms with Crippen LogP contribution in [0.2, 0.25) is 0 Å². The van der Waals surface area contributed by atoms with Crippen molar-refractivity contribution in [2.24, 2.45) is 0 Å². The fourth-order valence-electron chi connectivity index (χ4n) is 2.29. The largest absolute Gasteiger partial charge is 0.326 e. The first-order valence-corrected chi connectivity index (χ1v) is 6.27. The lowest BCUT2D eigenvalue weighted by molar-refractivity contribution is 0.510. The van der Waals surface area contributed by atoms with Gasteiger partial charge in [-0.15, -0.1) is 0 Å². The van der Waals surface area contributed by atoms with Crippen LogP contribution in [0.1, 0.15) is 5.56 Å². The Labute approximate surface area is 113 Å². The second-order valence-electron chi connectivity index (χ2n) is 4.57. The summed E-state index contributed by atoms with van der Waals surface area (Å²) in [6.45, 7) is 0.295. The highest BCUT2D eigenvalue weighted by Gasteiger charge is 2.14. The van der Waals surface area contributed by atoms with Gasteiger partial charge in [0, 0.05) is 6.54 Å². The summed E-state index contributed by atoms with van der Waals surface area (Å²) < 4.78 is 28.4. The molecule has 0 bridgehead atoms. The van der Waals surface area contributed by atoms with Crippen molar-refractivity contribution >= 4 is 11.0 Å². The van der Waals surface area contributed by atoms with Gasteiger partial charge in [-0.2, -0.15) is 0 Å². The van der Waals surface area contributed by atoms with Crippen LogP contribution in [0, 0.1) is 11.6 Å². The molecule has 3 nitrogen and oxygen atoms in total. The molecule has 0 radical (unpaired) electrons. The molecule has 5 heteroatoms. The lowest BCUT2D eigenvalue weighted by Crippen LogP contribution is -2.18. The second-order valence-corrected chi connectivity index (χ2v) is 4.57. The second kappa shape index (κ2) is 4.92.